The van der Waals surface area contributed by atoms with E-state index in [2.05, 4.69) is 25.7 Å². The third-order valence-corrected chi connectivity index (χ3v) is 6.49. The molecule has 43 heavy (non-hydrogen) atoms. The topological polar surface area (TPSA) is 143 Å². The van der Waals surface area contributed by atoms with Crippen molar-refractivity contribution in [1.82, 2.24) is 30.5 Å². The van der Waals surface area contributed by atoms with E-state index in [1.54, 1.807) is 31.3 Å². The number of hydrogen-bond acceptors (Lipinski definition) is 7. The summed E-state index contributed by atoms with van der Waals surface area (Å²) in [7, 11) is 1.57. The van der Waals surface area contributed by atoms with Crippen LogP contribution >= 0.6 is 0 Å². The van der Waals surface area contributed by atoms with Gasteiger partial charge in [-0.25, -0.2) is 9.78 Å². The molecule has 13 heteroatoms. The maximum Gasteiger partial charge on any atom is 0.416 e. The predicted molar refractivity (Wildman–Crippen MR) is 150 cm³/mol. The Labute approximate surface area is 242 Å². The molecule has 3 N–H and O–H groups in total. The van der Waals surface area contributed by atoms with E-state index >= 15 is 0 Å². The number of carbonyl (C=O) groups is 2. The Bertz CT molecular complexity index is 1850. The average Bonchev–Trinajstić information content (AvgIpc) is 3.41. The third kappa shape index (κ3) is 6.84. The number of halogens is 3. The van der Waals surface area contributed by atoms with Crippen LogP contribution in [-0.4, -0.2) is 47.3 Å². The van der Waals surface area contributed by atoms with E-state index in [9.17, 15) is 33.0 Å². The van der Waals surface area contributed by atoms with Crippen molar-refractivity contribution in [1.29, 1.82) is 0 Å². The molecule has 1 atom stereocenters. The molecule has 0 radical (unpaired) electrons. The van der Waals surface area contributed by atoms with Gasteiger partial charge in [-0.15, -0.1) is 10.2 Å². The zero-order chi connectivity index (χ0) is 30.7. The second-order valence-corrected chi connectivity index (χ2v) is 9.63. The monoisotopic (exact) mass is 588 g/mol. The fourth-order valence-corrected chi connectivity index (χ4v) is 4.40. The quantitative estimate of drug-likeness (QED) is 0.213. The van der Waals surface area contributed by atoms with E-state index < -0.39 is 29.7 Å². The van der Waals surface area contributed by atoms with Crippen LogP contribution in [0.3, 0.4) is 0 Å². The Morgan fingerprint density at radius 1 is 1.00 bits per heavy atom. The first-order chi connectivity index (χ1) is 20.5. The number of amides is 1. The van der Waals surface area contributed by atoms with Crippen molar-refractivity contribution >= 4 is 34.9 Å². The number of carboxylic acid groups (broad SMARTS) is 1. The number of aromatic nitrogens is 5. The molecule has 0 aliphatic carbocycles. The number of phenolic OH excluding ortho intramolecular Hbond substituents is 1. The summed E-state index contributed by atoms with van der Waals surface area (Å²) in [6.07, 6.45) is -1.18. The molecule has 1 amide bonds. The lowest BCUT2D eigenvalue weighted by Gasteiger charge is -2.16. The summed E-state index contributed by atoms with van der Waals surface area (Å²) >= 11 is 0. The van der Waals surface area contributed by atoms with Crippen LogP contribution in [0, 0.1) is 0 Å². The van der Waals surface area contributed by atoms with Gasteiger partial charge in [0.05, 0.1) is 29.7 Å². The van der Waals surface area contributed by atoms with Gasteiger partial charge in [0, 0.05) is 11.8 Å². The van der Waals surface area contributed by atoms with Crippen LogP contribution in [-0.2, 0) is 19.6 Å². The van der Waals surface area contributed by atoms with Gasteiger partial charge in [-0.2, -0.15) is 18.0 Å². The number of carbonyl (C=O) groups excluding carboxylic acids is 1. The lowest BCUT2D eigenvalue weighted by Crippen LogP contribution is -2.31. The average molecular weight is 589 g/mol. The molecule has 10 nitrogen and oxygen atoms in total. The Kier molecular flexibility index (Phi) is 7.88. The number of nitrogens with one attached hydrogen (secondary N) is 1. The Balaban J connectivity index is 1.43. The van der Waals surface area contributed by atoms with Gasteiger partial charge in [-0.05, 0) is 64.4 Å². The zero-order valence-electron chi connectivity index (χ0n) is 22.4. The van der Waals surface area contributed by atoms with E-state index in [4.69, 9.17) is 0 Å². The van der Waals surface area contributed by atoms with E-state index in [0.717, 1.165) is 23.8 Å². The molecular weight excluding hydrogens is 565 g/mol. The summed E-state index contributed by atoms with van der Waals surface area (Å²) in [5.41, 5.74) is 0.714. The highest BCUT2D eigenvalue weighted by Crippen LogP contribution is 2.30. The van der Waals surface area contributed by atoms with Crippen LogP contribution in [0.25, 0.3) is 23.1 Å². The number of hydrogen-bond donors (Lipinski definition) is 3. The Hall–Kier alpha value is -5.59. The molecule has 0 saturated carbocycles. The minimum Gasteiger partial charge on any atom is -0.508 e. The van der Waals surface area contributed by atoms with Gasteiger partial charge < -0.3 is 15.5 Å². The van der Waals surface area contributed by atoms with Crippen molar-refractivity contribution in [2.45, 2.75) is 18.6 Å². The highest BCUT2D eigenvalue weighted by atomic mass is 19.4. The number of carboxylic acids is 1. The standard InChI is InChI=1S/C30H23F3N6O4/c1-39-37-27(36-38-39)25(15-19-7-10-21(40)11-8-19)35-28(41)26-16-23(29(42)43)22-14-18(9-12-24(22)34-26)6-5-17-3-2-4-20(13-17)30(31,32)33/h2-14,16,25,40H,15H2,1H3,(H,35,41)(H,42,43)/b6-5+/t25-/m1/s1. The van der Waals surface area contributed by atoms with Crippen molar-refractivity contribution in [3.8, 4) is 5.75 Å². The summed E-state index contributed by atoms with van der Waals surface area (Å²) < 4.78 is 39.2. The van der Waals surface area contributed by atoms with Crippen LogP contribution in [0.15, 0.2) is 72.8 Å². The summed E-state index contributed by atoms with van der Waals surface area (Å²) in [5.74, 6) is -1.66. The normalized spacial score (nSPS) is 12.5. The number of aryl methyl sites for hydroxylation is 1. The van der Waals surface area contributed by atoms with Crippen LogP contribution in [0.5, 0.6) is 5.75 Å². The molecule has 2 aromatic heterocycles. The molecule has 0 aliphatic rings. The van der Waals surface area contributed by atoms with E-state index in [1.807, 2.05) is 0 Å². The lowest BCUT2D eigenvalue weighted by atomic mass is 10.0. The minimum atomic E-state index is -4.48. The first-order valence-corrected chi connectivity index (χ1v) is 12.8. The largest absolute Gasteiger partial charge is 0.508 e. The van der Waals surface area contributed by atoms with Gasteiger partial charge in [0.25, 0.3) is 5.91 Å². The molecule has 0 saturated heterocycles. The summed E-state index contributed by atoms with van der Waals surface area (Å²) in [6, 6.07) is 16.3. The first-order valence-electron chi connectivity index (χ1n) is 12.8. The first kappa shape index (κ1) is 28.9. The van der Waals surface area contributed by atoms with Crippen molar-refractivity contribution in [2.24, 2.45) is 7.05 Å². The van der Waals surface area contributed by atoms with E-state index in [0.29, 0.717) is 11.1 Å². The molecule has 5 rings (SSSR count). The number of tetrazole rings is 1. The number of benzene rings is 3. The predicted octanol–water partition coefficient (Wildman–Crippen LogP) is 5.07. The zero-order valence-corrected chi connectivity index (χ0v) is 22.4. The molecular formula is C30H23F3N6O4. The number of nitrogens with zero attached hydrogens (tertiary/aromatic N) is 5. The molecule has 0 bridgehead atoms. The van der Waals surface area contributed by atoms with Crippen LogP contribution in [0.2, 0.25) is 0 Å². The van der Waals surface area contributed by atoms with Gasteiger partial charge in [-0.1, -0.05) is 42.5 Å². The molecule has 0 spiro atoms. The Morgan fingerprint density at radius 3 is 2.37 bits per heavy atom. The number of aromatic carboxylic acids is 1. The maximum atomic E-state index is 13.3. The van der Waals surface area contributed by atoms with Gasteiger partial charge >= 0.3 is 12.1 Å². The third-order valence-electron chi connectivity index (χ3n) is 6.49. The van der Waals surface area contributed by atoms with Crippen LogP contribution in [0.1, 0.15) is 55.0 Å². The van der Waals surface area contributed by atoms with Gasteiger partial charge in [0.2, 0.25) is 0 Å². The fourth-order valence-electron chi connectivity index (χ4n) is 4.40. The van der Waals surface area contributed by atoms with Gasteiger partial charge in [0.15, 0.2) is 5.82 Å². The second kappa shape index (κ2) is 11.7. The second-order valence-electron chi connectivity index (χ2n) is 9.63. The number of pyridine rings is 1. The molecule has 0 fully saturated rings. The van der Waals surface area contributed by atoms with E-state index in [1.165, 1.54) is 47.3 Å². The molecule has 218 valence electrons. The van der Waals surface area contributed by atoms with Crippen molar-refractivity contribution in [3.05, 3.63) is 112 Å². The van der Waals surface area contributed by atoms with E-state index in [-0.39, 0.29) is 40.2 Å². The fraction of sp³-hybridized carbons (Fsp3) is 0.133. The summed E-state index contributed by atoms with van der Waals surface area (Å²) in [6.45, 7) is 0. The van der Waals surface area contributed by atoms with Gasteiger partial charge in [0.1, 0.15) is 11.4 Å². The molecule has 0 unspecified atom stereocenters. The summed E-state index contributed by atoms with van der Waals surface area (Å²) in [5, 5.41) is 34.6. The van der Waals surface area contributed by atoms with Crippen molar-refractivity contribution < 1.29 is 33.0 Å². The van der Waals surface area contributed by atoms with Crippen molar-refractivity contribution in [3.63, 3.8) is 0 Å². The molecule has 0 aliphatic heterocycles. The SMILES string of the molecule is Cn1nnc([C@@H](Cc2ccc(O)cc2)NC(=O)c2cc(C(=O)O)c3cc(/C=C/c4cccc(C(F)(F)F)c4)ccc3n2)n1. The lowest BCUT2D eigenvalue weighted by molar-refractivity contribution is -0.137. The molecule has 3 aromatic carbocycles. The Morgan fingerprint density at radius 2 is 1.72 bits per heavy atom. The number of aromatic hydroxyl groups is 1. The number of alkyl halides is 3. The smallest absolute Gasteiger partial charge is 0.416 e. The number of rotatable bonds is 8. The number of phenols is 1. The molecule has 5 aromatic rings. The van der Waals surface area contributed by atoms with Gasteiger partial charge in [-0.3, -0.25) is 4.79 Å². The number of fused-ring (bicyclic) bond motifs is 1. The minimum absolute atomic E-state index is 0.0813. The van der Waals surface area contributed by atoms with Crippen LogP contribution in [0.4, 0.5) is 13.2 Å². The maximum absolute atomic E-state index is 13.3. The van der Waals surface area contributed by atoms with Crippen molar-refractivity contribution in [2.75, 3.05) is 0 Å². The molecule has 2 heterocycles. The van der Waals surface area contributed by atoms with Crippen LogP contribution < -0.4 is 5.32 Å². The highest BCUT2D eigenvalue weighted by Gasteiger charge is 2.30. The summed E-state index contributed by atoms with van der Waals surface area (Å²) in [4.78, 5) is 31.1. The highest BCUT2D eigenvalue weighted by molar-refractivity contribution is 6.06.